The van der Waals surface area contributed by atoms with Crippen LogP contribution in [0.1, 0.15) is 19.4 Å². The van der Waals surface area contributed by atoms with Gasteiger partial charge in [0.2, 0.25) is 0 Å². The summed E-state index contributed by atoms with van der Waals surface area (Å²) in [6, 6.07) is 5.49. The monoisotopic (exact) mass is 242 g/mol. The average molecular weight is 243 g/mol. The second-order valence-electron chi connectivity index (χ2n) is 3.39. The van der Waals surface area contributed by atoms with Crippen molar-refractivity contribution < 1.29 is 9.53 Å². The topological polar surface area (TPSA) is 64.3 Å². The second-order valence-corrected chi connectivity index (χ2v) is 3.79. The van der Waals surface area contributed by atoms with Crippen molar-refractivity contribution in [2.75, 3.05) is 0 Å². The molecule has 0 spiro atoms. The van der Waals surface area contributed by atoms with E-state index in [2.05, 4.69) is 0 Å². The van der Waals surface area contributed by atoms with Gasteiger partial charge in [0.1, 0.15) is 5.75 Å². The number of hydrogen-bond acceptors (Lipinski definition) is 3. The average Bonchev–Trinajstić information content (AvgIpc) is 2.30. The quantitative estimate of drug-likeness (QED) is 0.480. The van der Waals surface area contributed by atoms with Crippen LogP contribution in [0.5, 0.6) is 5.75 Å². The zero-order chi connectivity index (χ0) is 12.1. The first-order valence-corrected chi connectivity index (χ1v) is 5.41. The van der Waals surface area contributed by atoms with Crippen molar-refractivity contribution in [2.45, 2.75) is 26.4 Å². The molecular weight excluding hydrogens is 228 g/mol. The molecule has 0 saturated heterocycles. The number of ether oxygens (including phenoxy) is 1. The summed E-state index contributed by atoms with van der Waals surface area (Å²) >= 11 is 6.01. The fraction of sp³-hybridized carbons (Fsp3) is 0.364. The molecule has 1 atom stereocenters. The summed E-state index contributed by atoms with van der Waals surface area (Å²) in [5.41, 5.74) is 3.14. The molecule has 0 aromatic heterocycles. The summed E-state index contributed by atoms with van der Waals surface area (Å²) in [5.74, 6) is 5.09. The molecule has 0 aliphatic heterocycles. The molecule has 1 rings (SSSR count). The van der Waals surface area contributed by atoms with E-state index in [9.17, 15) is 4.79 Å². The number of rotatable bonds is 4. The van der Waals surface area contributed by atoms with Crippen LogP contribution >= 0.6 is 11.6 Å². The number of aryl methyl sites for hydroxylation is 1. The maximum Gasteiger partial charge on any atom is 0.274 e. The number of benzene rings is 1. The zero-order valence-electron chi connectivity index (χ0n) is 9.29. The first kappa shape index (κ1) is 12.8. The molecule has 16 heavy (non-hydrogen) atoms. The summed E-state index contributed by atoms with van der Waals surface area (Å²) in [6.45, 7) is 3.64. The van der Waals surface area contributed by atoms with Gasteiger partial charge in [0.15, 0.2) is 6.10 Å². The molecule has 3 N–H and O–H groups in total. The molecular formula is C11H15ClN2O2. The van der Waals surface area contributed by atoms with E-state index in [-0.39, 0.29) is 0 Å². The molecule has 0 heterocycles. The minimum absolute atomic E-state index is 0.393. The van der Waals surface area contributed by atoms with E-state index in [0.717, 1.165) is 12.0 Å². The van der Waals surface area contributed by atoms with Gasteiger partial charge in [-0.15, -0.1) is 0 Å². The van der Waals surface area contributed by atoms with Crippen molar-refractivity contribution >= 4 is 17.5 Å². The maximum absolute atomic E-state index is 11.1. The summed E-state index contributed by atoms with van der Waals surface area (Å²) in [4.78, 5) is 11.1. The van der Waals surface area contributed by atoms with Crippen molar-refractivity contribution in [2.24, 2.45) is 5.84 Å². The predicted octanol–water partition coefficient (Wildman–Crippen LogP) is 1.66. The summed E-state index contributed by atoms with van der Waals surface area (Å²) in [7, 11) is 0. The van der Waals surface area contributed by atoms with E-state index in [1.165, 1.54) is 0 Å². The third kappa shape index (κ3) is 3.12. The molecule has 1 aromatic carbocycles. The molecule has 1 unspecified atom stereocenters. The van der Waals surface area contributed by atoms with Crippen LogP contribution in [0.25, 0.3) is 0 Å². The highest BCUT2D eigenvalue weighted by molar-refractivity contribution is 6.32. The number of nitrogens with one attached hydrogen (secondary N) is 1. The number of halogens is 1. The largest absolute Gasteiger partial charge is 0.479 e. The lowest BCUT2D eigenvalue weighted by Gasteiger charge is -2.14. The van der Waals surface area contributed by atoms with Gasteiger partial charge in [-0.2, -0.15) is 0 Å². The maximum atomic E-state index is 11.1. The van der Waals surface area contributed by atoms with E-state index in [1.807, 2.05) is 24.5 Å². The van der Waals surface area contributed by atoms with E-state index in [1.54, 1.807) is 13.0 Å². The summed E-state index contributed by atoms with van der Waals surface area (Å²) < 4.78 is 5.37. The summed E-state index contributed by atoms with van der Waals surface area (Å²) in [5, 5.41) is 0.496. The van der Waals surface area contributed by atoms with E-state index < -0.39 is 12.0 Å². The molecule has 1 aromatic rings. The van der Waals surface area contributed by atoms with Crippen molar-refractivity contribution in [3.8, 4) is 5.75 Å². The minimum atomic E-state index is -0.671. The Morgan fingerprint density at radius 1 is 1.62 bits per heavy atom. The van der Waals surface area contributed by atoms with Gasteiger partial charge < -0.3 is 4.74 Å². The van der Waals surface area contributed by atoms with Gasteiger partial charge in [0.25, 0.3) is 5.91 Å². The Labute approximate surface area is 99.7 Å². The molecule has 0 aliphatic rings. The normalized spacial score (nSPS) is 12.0. The van der Waals surface area contributed by atoms with Crippen LogP contribution in [0, 0.1) is 0 Å². The lowest BCUT2D eigenvalue weighted by atomic mass is 10.2. The van der Waals surface area contributed by atoms with Crippen molar-refractivity contribution in [3.05, 3.63) is 28.8 Å². The third-order valence-corrected chi connectivity index (χ3v) is 2.52. The Morgan fingerprint density at radius 3 is 2.81 bits per heavy atom. The molecule has 5 heteroatoms. The molecule has 4 nitrogen and oxygen atoms in total. The van der Waals surface area contributed by atoms with Gasteiger partial charge in [0.05, 0.1) is 5.02 Å². The standard InChI is InChI=1S/C11H15ClN2O2/c1-3-8-4-5-10(9(12)6-8)16-7(2)11(15)14-13/h4-7H,3,13H2,1-2H3,(H,14,15). The highest BCUT2D eigenvalue weighted by Crippen LogP contribution is 2.26. The van der Waals surface area contributed by atoms with Crippen molar-refractivity contribution in [1.29, 1.82) is 0 Å². The summed E-state index contributed by atoms with van der Waals surface area (Å²) in [6.07, 6.45) is 0.230. The number of carbonyl (C=O) groups is 1. The molecule has 0 saturated carbocycles. The SMILES string of the molecule is CCc1ccc(OC(C)C(=O)NN)c(Cl)c1. The van der Waals surface area contributed by atoms with Crippen LogP contribution < -0.4 is 16.0 Å². The Kier molecular flexibility index (Phi) is 4.58. The van der Waals surface area contributed by atoms with E-state index in [4.69, 9.17) is 22.2 Å². The first-order valence-electron chi connectivity index (χ1n) is 5.04. The smallest absolute Gasteiger partial charge is 0.274 e. The lowest BCUT2D eigenvalue weighted by molar-refractivity contribution is -0.127. The van der Waals surface area contributed by atoms with Crippen LogP contribution in [0.4, 0.5) is 0 Å². The van der Waals surface area contributed by atoms with E-state index >= 15 is 0 Å². The second kappa shape index (κ2) is 5.72. The van der Waals surface area contributed by atoms with Gasteiger partial charge in [-0.1, -0.05) is 24.6 Å². The zero-order valence-corrected chi connectivity index (χ0v) is 10.0. The Balaban J connectivity index is 2.78. The number of amides is 1. The van der Waals surface area contributed by atoms with Crippen LogP contribution in [-0.4, -0.2) is 12.0 Å². The molecule has 88 valence electrons. The number of hydrogen-bond donors (Lipinski definition) is 2. The van der Waals surface area contributed by atoms with Gasteiger partial charge in [-0.3, -0.25) is 10.2 Å². The number of hydrazine groups is 1. The van der Waals surface area contributed by atoms with Crippen LogP contribution in [0.15, 0.2) is 18.2 Å². The Morgan fingerprint density at radius 2 is 2.31 bits per heavy atom. The molecule has 0 bridgehead atoms. The fourth-order valence-electron chi connectivity index (χ4n) is 1.22. The minimum Gasteiger partial charge on any atom is -0.479 e. The Hall–Kier alpha value is -1.26. The molecule has 0 fully saturated rings. The van der Waals surface area contributed by atoms with Gasteiger partial charge in [-0.05, 0) is 31.0 Å². The molecule has 1 amide bonds. The third-order valence-electron chi connectivity index (χ3n) is 2.22. The van der Waals surface area contributed by atoms with Gasteiger partial charge >= 0.3 is 0 Å². The molecule has 0 radical (unpaired) electrons. The van der Waals surface area contributed by atoms with Crippen molar-refractivity contribution in [3.63, 3.8) is 0 Å². The van der Waals surface area contributed by atoms with Crippen LogP contribution in [-0.2, 0) is 11.2 Å². The van der Waals surface area contributed by atoms with E-state index in [0.29, 0.717) is 10.8 Å². The number of carbonyl (C=O) groups excluding carboxylic acids is 1. The van der Waals surface area contributed by atoms with Gasteiger partial charge in [0, 0.05) is 0 Å². The van der Waals surface area contributed by atoms with Crippen LogP contribution in [0.2, 0.25) is 5.02 Å². The highest BCUT2D eigenvalue weighted by atomic mass is 35.5. The number of nitrogens with two attached hydrogens (primary N) is 1. The molecule has 0 aliphatic carbocycles. The van der Waals surface area contributed by atoms with Crippen molar-refractivity contribution in [1.82, 2.24) is 5.43 Å². The lowest BCUT2D eigenvalue weighted by Crippen LogP contribution is -2.40. The highest BCUT2D eigenvalue weighted by Gasteiger charge is 2.14. The predicted molar refractivity (Wildman–Crippen MR) is 63.3 cm³/mol. The van der Waals surface area contributed by atoms with Gasteiger partial charge in [-0.25, -0.2) is 5.84 Å². The Bertz CT molecular complexity index is 382. The fourth-order valence-corrected chi connectivity index (χ4v) is 1.47. The van der Waals surface area contributed by atoms with Crippen LogP contribution in [0.3, 0.4) is 0 Å². The first-order chi connectivity index (χ1) is 7.58.